The third-order valence-electron chi connectivity index (χ3n) is 2.66. The predicted octanol–water partition coefficient (Wildman–Crippen LogP) is 1.34. The molecule has 0 heterocycles. The monoisotopic (exact) mass is 256 g/mol. The standard InChI is InChI=1S/C13H20O5/c1-10(14)9-17-12(15)7-8-13(16)18-11-5-3-2-4-6-11/h7-8,10-11,14H,2-6,9H2,1H3/b8-7-. The topological polar surface area (TPSA) is 72.8 Å². The number of carbonyl (C=O) groups is 2. The molecule has 0 aliphatic heterocycles. The van der Waals surface area contributed by atoms with Gasteiger partial charge in [0.1, 0.15) is 12.7 Å². The summed E-state index contributed by atoms with van der Waals surface area (Å²) in [5, 5.41) is 8.90. The lowest BCUT2D eigenvalue weighted by Gasteiger charge is -2.20. The molecular formula is C13H20O5. The lowest BCUT2D eigenvalue weighted by atomic mass is 9.98. The van der Waals surface area contributed by atoms with Crippen molar-refractivity contribution in [2.75, 3.05) is 6.61 Å². The minimum absolute atomic E-state index is 0.0237. The van der Waals surface area contributed by atoms with E-state index in [1.165, 1.54) is 13.3 Å². The summed E-state index contributed by atoms with van der Waals surface area (Å²) in [5.41, 5.74) is 0. The van der Waals surface area contributed by atoms with Gasteiger partial charge in [0.2, 0.25) is 0 Å². The summed E-state index contributed by atoms with van der Waals surface area (Å²) in [5.74, 6) is -1.17. The van der Waals surface area contributed by atoms with Gasteiger partial charge in [-0.2, -0.15) is 0 Å². The van der Waals surface area contributed by atoms with Crippen molar-refractivity contribution in [3.63, 3.8) is 0 Å². The van der Waals surface area contributed by atoms with Crippen LogP contribution in [0.25, 0.3) is 0 Å². The Kier molecular flexibility index (Phi) is 6.43. The van der Waals surface area contributed by atoms with Gasteiger partial charge in [0, 0.05) is 12.2 Å². The zero-order chi connectivity index (χ0) is 13.4. The first-order chi connectivity index (χ1) is 8.58. The maximum Gasteiger partial charge on any atom is 0.331 e. The Labute approximate surface area is 107 Å². The highest BCUT2D eigenvalue weighted by molar-refractivity contribution is 5.91. The van der Waals surface area contributed by atoms with E-state index in [9.17, 15) is 9.59 Å². The summed E-state index contributed by atoms with van der Waals surface area (Å²) in [7, 11) is 0. The fourth-order valence-electron chi connectivity index (χ4n) is 1.77. The Balaban J connectivity index is 2.23. The Hall–Kier alpha value is -1.36. The first kappa shape index (κ1) is 14.7. The van der Waals surface area contributed by atoms with Crippen LogP contribution in [-0.4, -0.2) is 35.9 Å². The van der Waals surface area contributed by atoms with Gasteiger partial charge in [-0.15, -0.1) is 0 Å². The molecule has 5 heteroatoms. The summed E-state index contributed by atoms with van der Waals surface area (Å²) in [6, 6.07) is 0. The van der Waals surface area contributed by atoms with Gasteiger partial charge >= 0.3 is 11.9 Å². The fraction of sp³-hybridized carbons (Fsp3) is 0.692. The SMILES string of the molecule is CC(O)COC(=O)/C=C\C(=O)OC1CCCCC1. The second-order valence-corrected chi connectivity index (χ2v) is 4.51. The number of ether oxygens (including phenoxy) is 2. The maximum atomic E-state index is 11.4. The second kappa shape index (κ2) is 7.87. The van der Waals surface area contributed by atoms with E-state index in [4.69, 9.17) is 9.84 Å². The van der Waals surface area contributed by atoms with E-state index in [1.54, 1.807) is 0 Å². The first-order valence-electron chi connectivity index (χ1n) is 6.31. The number of esters is 2. The largest absolute Gasteiger partial charge is 0.460 e. The summed E-state index contributed by atoms with van der Waals surface area (Å²) < 4.78 is 9.84. The van der Waals surface area contributed by atoms with Crippen LogP contribution >= 0.6 is 0 Å². The van der Waals surface area contributed by atoms with E-state index in [0.717, 1.165) is 37.8 Å². The predicted molar refractivity (Wildman–Crippen MR) is 64.7 cm³/mol. The van der Waals surface area contributed by atoms with Crippen molar-refractivity contribution < 1.29 is 24.2 Å². The van der Waals surface area contributed by atoms with Crippen LogP contribution in [0.2, 0.25) is 0 Å². The summed E-state index contributed by atoms with van der Waals surface area (Å²) >= 11 is 0. The molecule has 1 atom stereocenters. The van der Waals surface area contributed by atoms with Gasteiger partial charge in [-0.25, -0.2) is 9.59 Å². The highest BCUT2D eigenvalue weighted by atomic mass is 16.5. The average molecular weight is 256 g/mol. The van der Waals surface area contributed by atoms with Crippen molar-refractivity contribution in [1.82, 2.24) is 0 Å². The van der Waals surface area contributed by atoms with Crippen LogP contribution in [0, 0.1) is 0 Å². The third-order valence-corrected chi connectivity index (χ3v) is 2.66. The summed E-state index contributed by atoms with van der Waals surface area (Å²) in [6.45, 7) is 1.43. The van der Waals surface area contributed by atoms with Crippen molar-refractivity contribution in [1.29, 1.82) is 0 Å². The lowest BCUT2D eigenvalue weighted by Crippen LogP contribution is -2.20. The molecule has 1 aliphatic rings. The smallest absolute Gasteiger partial charge is 0.331 e. The molecule has 0 aromatic heterocycles. The molecule has 0 aromatic carbocycles. The molecule has 5 nitrogen and oxygen atoms in total. The van der Waals surface area contributed by atoms with Gasteiger partial charge in [0.05, 0.1) is 6.10 Å². The summed E-state index contributed by atoms with van der Waals surface area (Å²) in [4.78, 5) is 22.5. The third kappa shape index (κ3) is 6.39. The van der Waals surface area contributed by atoms with Crippen molar-refractivity contribution in [3.05, 3.63) is 12.2 Å². The van der Waals surface area contributed by atoms with E-state index in [0.29, 0.717) is 0 Å². The molecule has 0 amide bonds. The van der Waals surface area contributed by atoms with E-state index < -0.39 is 18.0 Å². The average Bonchev–Trinajstić information content (AvgIpc) is 2.35. The van der Waals surface area contributed by atoms with Crippen LogP contribution in [0.15, 0.2) is 12.2 Å². The zero-order valence-electron chi connectivity index (χ0n) is 10.6. The molecule has 1 fully saturated rings. The van der Waals surface area contributed by atoms with Crippen LogP contribution in [0.4, 0.5) is 0 Å². The van der Waals surface area contributed by atoms with Crippen LogP contribution < -0.4 is 0 Å². The van der Waals surface area contributed by atoms with Crippen molar-refractivity contribution >= 4 is 11.9 Å². The first-order valence-corrected chi connectivity index (χ1v) is 6.31. The lowest BCUT2D eigenvalue weighted by molar-refractivity contribution is -0.145. The molecule has 1 saturated carbocycles. The second-order valence-electron chi connectivity index (χ2n) is 4.51. The number of carbonyl (C=O) groups excluding carboxylic acids is 2. The minimum atomic E-state index is -0.712. The van der Waals surface area contributed by atoms with Crippen molar-refractivity contribution in [2.45, 2.75) is 51.2 Å². The zero-order valence-corrected chi connectivity index (χ0v) is 10.6. The number of rotatable bonds is 5. The molecule has 18 heavy (non-hydrogen) atoms. The van der Waals surface area contributed by atoms with Crippen LogP contribution in [0.3, 0.4) is 0 Å². The fourth-order valence-corrected chi connectivity index (χ4v) is 1.77. The molecule has 1 N–H and O–H groups in total. The molecule has 0 saturated heterocycles. The van der Waals surface area contributed by atoms with Crippen LogP contribution in [-0.2, 0) is 19.1 Å². The van der Waals surface area contributed by atoms with Gasteiger partial charge in [-0.05, 0) is 32.6 Å². The van der Waals surface area contributed by atoms with E-state index in [1.807, 2.05) is 0 Å². The molecule has 1 aliphatic carbocycles. The number of hydrogen-bond acceptors (Lipinski definition) is 5. The van der Waals surface area contributed by atoms with E-state index in [-0.39, 0.29) is 12.7 Å². The highest BCUT2D eigenvalue weighted by Crippen LogP contribution is 2.20. The normalized spacial score (nSPS) is 18.6. The van der Waals surface area contributed by atoms with Gasteiger partial charge < -0.3 is 14.6 Å². The van der Waals surface area contributed by atoms with E-state index in [2.05, 4.69) is 4.74 Å². The Morgan fingerprint density at radius 2 is 1.83 bits per heavy atom. The number of hydrogen-bond donors (Lipinski definition) is 1. The Morgan fingerprint density at radius 3 is 2.44 bits per heavy atom. The molecule has 102 valence electrons. The molecule has 0 radical (unpaired) electrons. The van der Waals surface area contributed by atoms with Gasteiger partial charge in [0.25, 0.3) is 0 Å². The van der Waals surface area contributed by atoms with Gasteiger partial charge in [-0.3, -0.25) is 0 Å². The van der Waals surface area contributed by atoms with Crippen molar-refractivity contribution in [3.8, 4) is 0 Å². The van der Waals surface area contributed by atoms with E-state index >= 15 is 0 Å². The maximum absolute atomic E-state index is 11.4. The van der Waals surface area contributed by atoms with Crippen LogP contribution in [0.1, 0.15) is 39.0 Å². The number of aliphatic hydroxyl groups is 1. The molecule has 0 aromatic rings. The minimum Gasteiger partial charge on any atom is -0.460 e. The molecule has 1 unspecified atom stereocenters. The van der Waals surface area contributed by atoms with Crippen LogP contribution in [0.5, 0.6) is 0 Å². The molecule has 0 spiro atoms. The van der Waals surface area contributed by atoms with Gasteiger partial charge in [-0.1, -0.05) is 6.42 Å². The Bertz CT molecular complexity index is 303. The van der Waals surface area contributed by atoms with Crippen molar-refractivity contribution in [2.24, 2.45) is 0 Å². The highest BCUT2D eigenvalue weighted by Gasteiger charge is 2.16. The number of aliphatic hydroxyl groups excluding tert-OH is 1. The quantitative estimate of drug-likeness (QED) is 0.593. The molecule has 1 rings (SSSR count). The van der Waals surface area contributed by atoms with Gasteiger partial charge in [0.15, 0.2) is 0 Å². The summed E-state index contributed by atoms with van der Waals surface area (Å²) in [6.07, 6.45) is 6.50. The molecule has 0 bridgehead atoms. The Morgan fingerprint density at radius 1 is 1.22 bits per heavy atom. The molecular weight excluding hydrogens is 236 g/mol.